The van der Waals surface area contributed by atoms with Gasteiger partial charge in [0.15, 0.2) is 0 Å². The van der Waals surface area contributed by atoms with Crippen LogP contribution in [0.2, 0.25) is 0 Å². The molecule has 10 heteroatoms. The maximum Gasteiger partial charge on any atom is 0.418 e. The van der Waals surface area contributed by atoms with Crippen LogP contribution >= 0.6 is 0 Å². The third-order valence-corrected chi connectivity index (χ3v) is 4.94. The van der Waals surface area contributed by atoms with Crippen molar-refractivity contribution in [1.29, 1.82) is 0 Å². The summed E-state index contributed by atoms with van der Waals surface area (Å²) in [6, 6.07) is 7.65. The van der Waals surface area contributed by atoms with E-state index in [1.807, 2.05) is 4.57 Å². The monoisotopic (exact) mass is 445 g/mol. The second-order valence-electron chi connectivity index (χ2n) is 7.19. The predicted molar refractivity (Wildman–Crippen MR) is 113 cm³/mol. The van der Waals surface area contributed by atoms with Gasteiger partial charge in [0, 0.05) is 48.6 Å². The lowest BCUT2D eigenvalue weighted by molar-refractivity contribution is -0.136. The van der Waals surface area contributed by atoms with Crippen molar-refractivity contribution >= 4 is 28.5 Å². The van der Waals surface area contributed by atoms with Gasteiger partial charge in [-0.25, -0.2) is 9.37 Å². The molecule has 6 nitrogen and oxygen atoms in total. The lowest BCUT2D eigenvalue weighted by Crippen LogP contribution is -2.13. The predicted octanol–water partition coefficient (Wildman–Crippen LogP) is 4.95. The van der Waals surface area contributed by atoms with E-state index in [0.29, 0.717) is 30.8 Å². The van der Waals surface area contributed by atoms with E-state index in [9.17, 15) is 22.4 Å². The second kappa shape index (κ2) is 8.74. The van der Waals surface area contributed by atoms with E-state index in [2.05, 4.69) is 20.9 Å². The number of nitrogens with zero attached hydrogens (tertiary/aromatic N) is 2. The normalized spacial score (nSPS) is 14.4. The minimum absolute atomic E-state index is 0.0271. The molecule has 1 aliphatic heterocycles. The Labute approximate surface area is 181 Å². The van der Waals surface area contributed by atoms with Crippen LogP contribution in [0.4, 0.5) is 34.6 Å². The summed E-state index contributed by atoms with van der Waals surface area (Å²) in [5.41, 5.74) is 0.306. The van der Waals surface area contributed by atoms with Crippen LogP contribution in [0.1, 0.15) is 17.5 Å². The molecule has 0 spiro atoms. The quantitative estimate of drug-likeness (QED) is 0.274. The fourth-order valence-corrected chi connectivity index (χ4v) is 3.39. The SMILES string of the molecule is O=C1Nc2cc(F)ccc2C1=CNc1ccc(NCCCn2ccnc2)c(C(F)(F)F)c1. The Morgan fingerprint density at radius 1 is 1.16 bits per heavy atom. The molecule has 166 valence electrons. The number of carbonyl (C=O) groups is 1. The van der Waals surface area contributed by atoms with Crippen molar-refractivity contribution in [2.24, 2.45) is 0 Å². The van der Waals surface area contributed by atoms with E-state index < -0.39 is 23.5 Å². The standard InChI is InChI=1S/C22H19F4N5O/c23-14-2-4-16-17(21(32)30-20(16)10-14)12-29-15-3-5-19(18(11-15)22(24,25)26)28-6-1-8-31-9-7-27-13-31/h2-5,7,9-13,28-29H,1,6,8H2,(H,30,32). The number of carbonyl (C=O) groups excluding carboxylic acids is 1. The number of imidazole rings is 1. The average molecular weight is 445 g/mol. The van der Waals surface area contributed by atoms with Crippen molar-refractivity contribution in [3.8, 4) is 0 Å². The molecule has 0 aliphatic carbocycles. The van der Waals surface area contributed by atoms with Gasteiger partial charge in [-0.3, -0.25) is 4.79 Å². The number of alkyl halides is 3. The molecule has 0 fully saturated rings. The number of amides is 1. The van der Waals surface area contributed by atoms with Gasteiger partial charge in [0.1, 0.15) is 5.82 Å². The largest absolute Gasteiger partial charge is 0.418 e. The fourth-order valence-electron chi connectivity index (χ4n) is 3.39. The third kappa shape index (κ3) is 4.74. The number of halogens is 4. The number of aromatic nitrogens is 2. The molecule has 0 unspecified atom stereocenters. The molecule has 1 aliphatic rings. The van der Waals surface area contributed by atoms with E-state index in [1.165, 1.54) is 36.5 Å². The Morgan fingerprint density at radius 2 is 2.00 bits per heavy atom. The number of benzene rings is 2. The van der Waals surface area contributed by atoms with Gasteiger partial charge in [-0.05, 0) is 42.8 Å². The van der Waals surface area contributed by atoms with Gasteiger partial charge in [0.25, 0.3) is 5.91 Å². The Bertz CT molecular complexity index is 1160. The topological polar surface area (TPSA) is 71.0 Å². The van der Waals surface area contributed by atoms with E-state index in [4.69, 9.17) is 0 Å². The molecule has 0 bridgehead atoms. The van der Waals surface area contributed by atoms with Crippen molar-refractivity contribution in [1.82, 2.24) is 9.55 Å². The van der Waals surface area contributed by atoms with E-state index >= 15 is 0 Å². The molecule has 1 aromatic heterocycles. The minimum atomic E-state index is -4.56. The van der Waals surface area contributed by atoms with Crippen molar-refractivity contribution < 1.29 is 22.4 Å². The van der Waals surface area contributed by atoms with Crippen molar-refractivity contribution in [3.05, 3.63) is 78.3 Å². The zero-order chi connectivity index (χ0) is 22.7. The number of hydrogen-bond donors (Lipinski definition) is 3. The summed E-state index contributed by atoms with van der Waals surface area (Å²) in [6.07, 6.45) is 2.45. The van der Waals surface area contributed by atoms with Crippen molar-refractivity contribution in [2.75, 3.05) is 22.5 Å². The van der Waals surface area contributed by atoms with E-state index in [0.717, 1.165) is 6.07 Å². The maximum absolute atomic E-state index is 13.6. The first kappa shape index (κ1) is 21.4. The molecule has 0 saturated carbocycles. The Balaban J connectivity index is 1.48. The molecule has 2 heterocycles. The van der Waals surface area contributed by atoms with Crippen LogP contribution in [0.15, 0.2) is 61.3 Å². The first-order valence-electron chi connectivity index (χ1n) is 9.80. The maximum atomic E-state index is 13.6. The third-order valence-electron chi connectivity index (χ3n) is 4.94. The summed E-state index contributed by atoms with van der Waals surface area (Å²) >= 11 is 0. The molecule has 3 N–H and O–H groups in total. The van der Waals surface area contributed by atoms with Gasteiger partial charge in [0.05, 0.1) is 23.2 Å². The molecule has 2 aromatic carbocycles. The van der Waals surface area contributed by atoms with Crippen LogP contribution in [-0.2, 0) is 17.5 Å². The minimum Gasteiger partial charge on any atom is -0.384 e. The molecule has 4 rings (SSSR count). The van der Waals surface area contributed by atoms with E-state index in [-0.39, 0.29) is 16.9 Å². The smallest absolute Gasteiger partial charge is 0.384 e. The van der Waals surface area contributed by atoms with Crippen LogP contribution in [0.25, 0.3) is 5.57 Å². The zero-order valence-electron chi connectivity index (χ0n) is 16.7. The summed E-state index contributed by atoms with van der Waals surface area (Å²) in [5, 5.41) is 8.10. The zero-order valence-corrected chi connectivity index (χ0v) is 16.7. The lowest BCUT2D eigenvalue weighted by Gasteiger charge is -2.16. The number of fused-ring (bicyclic) bond motifs is 1. The molecule has 0 saturated heterocycles. The molecule has 1 amide bonds. The van der Waals surface area contributed by atoms with Crippen LogP contribution < -0.4 is 16.0 Å². The summed E-state index contributed by atoms with van der Waals surface area (Å²) < 4.78 is 56.0. The highest BCUT2D eigenvalue weighted by atomic mass is 19.4. The van der Waals surface area contributed by atoms with Gasteiger partial charge in [0.2, 0.25) is 0 Å². The molecular weight excluding hydrogens is 426 g/mol. The van der Waals surface area contributed by atoms with Gasteiger partial charge < -0.3 is 20.5 Å². The number of anilines is 3. The number of nitrogens with one attached hydrogen (secondary N) is 3. The highest BCUT2D eigenvalue weighted by molar-refractivity contribution is 6.31. The first-order chi connectivity index (χ1) is 15.3. The summed E-state index contributed by atoms with van der Waals surface area (Å²) in [6.45, 7) is 0.987. The summed E-state index contributed by atoms with van der Waals surface area (Å²) in [7, 11) is 0. The highest BCUT2D eigenvalue weighted by Crippen LogP contribution is 2.37. The molecular formula is C22H19F4N5O. The molecule has 32 heavy (non-hydrogen) atoms. The number of hydrogen-bond acceptors (Lipinski definition) is 4. The highest BCUT2D eigenvalue weighted by Gasteiger charge is 2.34. The van der Waals surface area contributed by atoms with Gasteiger partial charge in [-0.2, -0.15) is 13.2 Å². The van der Waals surface area contributed by atoms with Crippen LogP contribution in [0, 0.1) is 5.82 Å². The van der Waals surface area contributed by atoms with Crippen LogP contribution in [-0.4, -0.2) is 22.0 Å². The average Bonchev–Trinajstić information content (AvgIpc) is 3.36. The number of aryl methyl sites for hydroxylation is 1. The lowest BCUT2D eigenvalue weighted by atomic mass is 10.1. The number of rotatable bonds is 7. The first-order valence-corrected chi connectivity index (χ1v) is 9.80. The van der Waals surface area contributed by atoms with Crippen molar-refractivity contribution in [3.63, 3.8) is 0 Å². The Morgan fingerprint density at radius 3 is 2.75 bits per heavy atom. The molecule has 3 aromatic rings. The van der Waals surface area contributed by atoms with Gasteiger partial charge >= 0.3 is 6.18 Å². The Kier molecular flexibility index (Phi) is 5.85. The Hall–Kier alpha value is -3.82. The summed E-state index contributed by atoms with van der Waals surface area (Å²) in [5.74, 6) is -0.966. The van der Waals surface area contributed by atoms with Gasteiger partial charge in [-0.1, -0.05) is 0 Å². The van der Waals surface area contributed by atoms with E-state index in [1.54, 1.807) is 18.7 Å². The van der Waals surface area contributed by atoms with Crippen LogP contribution in [0.3, 0.4) is 0 Å². The summed E-state index contributed by atoms with van der Waals surface area (Å²) in [4.78, 5) is 16.1. The second-order valence-corrected chi connectivity index (χ2v) is 7.19. The van der Waals surface area contributed by atoms with Crippen molar-refractivity contribution in [2.45, 2.75) is 19.1 Å². The van der Waals surface area contributed by atoms with Gasteiger partial charge in [-0.15, -0.1) is 0 Å². The van der Waals surface area contributed by atoms with Crippen LogP contribution in [0.5, 0.6) is 0 Å². The fraction of sp³-hybridized carbons (Fsp3) is 0.182. The molecule has 0 radical (unpaired) electrons. The molecule has 0 atom stereocenters.